The second kappa shape index (κ2) is 9.45. The number of hydrogen-bond donors (Lipinski definition) is 0. The Kier molecular flexibility index (Phi) is 6.71. The van der Waals surface area contributed by atoms with Gasteiger partial charge in [-0.3, -0.25) is 0 Å². The number of hydrogen-bond acceptors (Lipinski definition) is 6. The summed E-state index contributed by atoms with van der Waals surface area (Å²) in [6, 6.07) is 8.52. The van der Waals surface area contributed by atoms with Crippen LogP contribution in [0.15, 0.2) is 40.2 Å². The lowest BCUT2D eigenvalue weighted by Crippen LogP contribution is -2.02. The van der Waals surface area contributed by atoms with Crippen LogP contribution in [0, 0.1) is 13.8 Å². The van der Waals surface area contributed by atoms with Gasteiger partial charge in [0.05, 0.1) is 5.69 Å². The predicted octanol–water partition coefficient (Wildman–Crippen LogP) is 7.01. The van der Waals surface area contributed by atoms with Gasteiger partial charge in [-0.15, -0.1) is 32.9 Å². The first-order chi connectivity index (χ1) is 14.6. The molecule has 4 rings (SSSR count). The first-order valence-electron chi connectivity index (χ1n) is 10.3. The van der Waals surface area contributed by atoms with Crippen LogP contribution in [0.2, 0.25) is 0 Å². The van der Waals surface area contributed by atoms with Crippen LogP contribution in [-0.4, -0.2) is 19.7 Å². The summed E-state index contributed by atoms with van der Waals surface area (Å²) < 4.78 is 2.28. The molecule has 4 nitrogen and oxygen atoms in total. The van der Waals surface area contributed by atoms with Gasteiger partial charge in [0, 0.05) is 39.1 Å². The summed E-state index contributed by atoms with van der Waals surface area (Å²) in [6.45, 7) is 9.64. The van der Waals surface area contributed by atoms with E-state index < -0.39 is 0 Å². The van der Waals surface area contributed by atoms with Gasteiger partial charge in [0.1, 0.15) is 5.01 Å². The molecule has 4 aromatic rings. The molecule has 0 fully saturated rings. The van der Waals surface area contributed by atoms with E-state index in [1.54, 1.807) is 34.4 Å². The Labute approximate surface area is 190 Å². The Morgan fingerprint density at radius 2 is 1.93 bits per heavy atom. The number of thioether (sulfide) groups is 1. The standard InChI is InChI=1S/C23H26N4S3/c1-5-10-27-21(20-14-28-16(4)19(20)6-2)25-26-23(27)30-13-18-12-29-22(24-18)17-9-7-8-15(3)11-17/h7-9,11-12,14H,5-6,10,13H2,1-4H3. The van der Waals surface area contributed by atoms with Crippen molar-refractivity contribution in [2.45, 2.75) is 58.0 Å². The Bertz CT molecular complexity index is 1140. The normalized spacial score (nSPS) is 11.3. The molecule has 30 heavy (non-hydrogen) atoms. The van der Waals surface area contributed by atoms with Crippen molar-refractivity contribution in [2.24, 2.45) is 0 Å². The van der Waals surface area contributed by atoms with E-state index in [0.29, 0.717) is 0 Å². The van der Waals surface area contributed by atoms with Gasteiger partial charge >= 0.3 is 0 Å². The lowest BCUT2D eigenvalue weighted by atomic mass is 10.1. The second-order valence-corrected chi connectivity index (χ2v) is 10.2. The van der Waals surface area contributed by atoms with Crippen molar-refractivity contribution < 1.29 is 0 Å². The molecule has 3 aromatic heterocycles. The SMILES string of the molecule is CCCn1c(SCc2csc(-c3cccc(C)c3)n2)nnc1-c1csc(C)c1CC. The molecule has 0 bridgehead atoms. The van der Waals surface area contributed by atoms with Crippen LogP contribution in [-0.2, 0) is 18.7 Å². The van der Waals surface area contributed by atoms with E-state index in [4.69, 9.17) is 4.98 Å². The summed E-state index contributed by atoms with van der Waals surface area (Å²) in [4.78, 5) is 6.22. The molecule has 3 heterocycles. The van der Waals surface area contributed by atoms with Crippen molar-refractivity contribution in [3.63, 3.8) is 0 Å². The minimum Gasteiger partial charge on any atom is -0.302 e. The number of thiazole rings is 1. The average molecular weight is 455 g/mol. The van der Waals surface area contributed by atoms with E-state index in [2.05, 4.69) is 77.5 Å². The van der Waals surface area contributed by atoms with Gasteiger partial charge in [-0.25, -0.2) is 4.98 Å². The highest BCUT2D eigenvalue weighted by atomic mass is 32.2. The molecule has 0 radical (unpaired) electrons. The minimum atomic E-state index is 0.799. The van der Waals surface area contributed by atoms with E-state index in [1.165, 1.54) is 27.1 Å². The van der Waals surface area contributed by atoms with Gasteiger partial charge < -0.3 is 4.57 Å². The molecule has 7 heteroatoms. The Balaban J connectivity index is 1.55. The fourth-order valence-corrected chi connectivity index (χ4v) is 6.27. The Hall–Kier alpha value is -1.96. The molecular formula is C23H26N4S3. The van der Waals surface area contributed by atoms with Crippen LogP contribution < -0.4 is 0 Å². The molecular weight excluding hydrogens is 428 g/mol. The highest BCUT2D eigenvalue weighted by molar-refractivity contribution is 7.98. The lowest BCUT2D eigenvalue weighted by molar-refractivity contribution is 0.626. The zero-order valence-corrected chi connectivity index (χ0v) is 20.3. The zero-order chi connectivity index (χ0) is 21.1. The van der Waals surface area contributed by atoms with Crippen LogP contribution in [0.1, 0.15) is 42.0 Å². The van der Waals surface area contributed by atoms with E-state index >= 15 is 0 Å². The molecule has 0 aliphatic heterocycles. The molecule has 156 valence electrons. The van der Waals surface area contributed by atoms with Crippen molar-refractivity contribution in [1.29, 1.82) is 0 Å². The van der Waals surface area contributed by atoms with Crippen LogP contribution in [0.25, 0.3) is 22.0 Å². The van der Waals surface area contributed by atoms with Crippen molar-refractivity contribution in [3.8, 4) is 22.0 Å². The van der Waals surface area contributed by atoms with Gasteiger partial charge in [-0.1, -0.05) is 49.4 Å². The van der Waals surface area contributed by atoms with E-state index in [1.807, 2.05) is 0 Å². The second-order valence-electron chi connectivity index (χ2n) is 7.30. The maximum atomic E-state index is 4.85. The maximum Gasteiger partial charge on any atom is 0.191 e. The van der Waals surface area contributed by atoms with Crippen molar-refractivity contribution >= 4 is 34.4 Å². The number of thiophene rings is 1. The number of rotatable bonds is 8. The topological polar surface area (TPSA) is 43.6 Å². The number of aromatic nitrogens is 4. The van der Waals surface area contributed by atoms with Gasteiger partial charge in [-0.05, 0) is 38.3 Å². The summed E-state index contributed by atoms with van der Waals surface area (Å²) in [5, 5.41) is 15.6. The molecule has 0 saturated heterocycles. The molecule has 0 amide bonds. The highest BCUT2D eigenvalue weighted by Crippen LogP contribution is 2.34. The van der Waals surface area contributed by atoms with E-state index in [0.717, 1.165) is 46.8 Å². The monoisotopic (exact) mass is 454 g/mol. The maximum absolute atomic E-state index is 4.85. The third kappa shape index (κ3) is 4.38. The predicted molar refractivity (Wildman–Crippen MR) is 130 cm³/mol. The number of benzene rings is 1. The first-order valence-corrected chi connectivity index (χ1v) is 13.0. The summed E-state index contributed by atoms with van der Waals surface area (Å²) in [7, 11) is 0. The van der Waals surface area contributed by atoms with E-state index in [9.17, 15) is 0 Å². The van der Waals surface area contributed by atoms with Crippen LogP contribution in [0.5, 0.6) is 0 Å². The van der Waals surface area contributed by atoms with Crippen molar-refractivity contribution in [2.75, 3.05) is 0 Å². The lowest BCUT2D eigenvalue weighted by Gasteiger charge is -2.09. The molecule has 0 unspecified atom stereocenters. The van der Waals surface area contributed by atoms with Gasteiger partial charge in [-0.2, -0.15) is 0 Å². The smallest absolute Gasteiger partial charge is 0.191 e. The fourth-order valence-electron chi connectivity index (χ4n) is 3.55. The fraction of sp³-hybridized carbons (Fsp3) is 0.348. The molecule has 0 N–H and O–H groups in total. The molecule has 1 aromatic carbocycles. The largest absolute Gasteiger partial charge is 0.302 e. The molecule has 0 aliphatic carbocycles. The molecule has 0 aliphatic rings. The number of aryl methyl sites for hydroxylation is 2. The van der Waals surface area contributed by atoms with Crippen molar-refractivity contribution in [3.05, 3.63) is 56.7 Å². The average Bonchev–Trinajstić information content (AvgIpc) is 3.45. The summed E-state index contributed by atoms with van der Waals surface area (Å²) in [5.41, 5.74) is 6.17. The summed E-state index contributed by atoms with van der Waals surface area (Å²) >= 11 is 5.23. The zero-order valence-electron chi connectivity index (χ0n) is 17.8. The molecule has 0 atom stereocenters. The third-order valence-corrected chi connectivity index (χ3v) is 7.92. The molecule has 0 spiro atoms. The van der Waals surface area contributed by atoms with Crippen LogP contribution >= 0.6 is 34.4 Å². The van der Waals surface area contributed by atoms with Crippen LogP contribution in [0.4, 0.5) is 0 Å². The van der Waals surface area contributed by atoms with Gasteiger partial charge in [0.25, 0.3) is 0 Å². The minimum absolute atomic E-state index is 0.799. The van der Waals surface area contributed by atoms with Crippen molar-refractivity contribution in [1.82, 2.24) is 19.7 Å². The van der Waals surface area contributed by atoms with Gasteiger partial charge in [0.2, 0.25) is 0 Å². The molecule has 0 saturated carbocycles. The highest BCUT2D eigenvalue weighted by Gasteiger charge is 2.19. The summed E-state index contributed by atoms with van der Waals surface area (Å²) in [6.07, 6.45) is 2.07. The third-order valence-electron chi connectivity index (χ3n) is 5.03. The number of nitrogens with zero attached hydrogens (tertiary/aromatic N) is 4. The quantitative estimate of drug-likeness (QED) is 0.269. The van der Waals surface area contributed by atoms with Crippen LogP contribution in [0.3, 0.4) is 0 Å². The summed E-state index contributed by atoms with van der Waals surface area (Å²) in [5.74, 6) is 1.80. The van der Waals surface area contributed by atoms with E-state index in [-0.39, 0.29) is 0 Å². The Morgan fingerprint density at radius 1 is 1.07 bits per heavy atom. The first kappa shape index (κ1) is 21.3. The Morgan fingerprint density at radius 3 is 2.70 bits per heavy atom. The van der Waals surface area contributed by atoms with Gasteiger partial charge in [0.15, 0.2) is 11.0 Å².